The number of benzene rings is 1. The van der Waals surface area contributed by atoms with E-state index in [0.29, 0.717) is 10.1 Å². The molecule has 0 atom stereocenters. The van der Waals surface area contributed by atoms with Gasteiger partial charge in [-0.05, 0) is 24.6 Å². The van der Waals surface area contributed by atoms with Gasteiger partial charge < -0.3 is 9.90 Å². The summed E-state index contributed by atoms with van der Waals surface area (Å²) < 4.78 is 0.955. The van der Waals surface area contributed by atoms with Gasteiger partial charge in [0, 0.05) is 22.2 Å². The molecule has 1 aromatic rings. The van der Waals surface area contributed by atoms with E-state index in [1.165, 1.54) is 11.8 Å². The van der Waals surface area contributed by atoms with Crippen molar-refractivity contribution in [3.63, 3.8) is 0 Å². The van der Waals surface area contributed by atoms with E-state index in [1.54, 1.807) is 0 Å². The second kappa shape index (κ2) is 7.10. The van der Waals surface area contributed by atoms with Gasteiger partial charge in [-0.2, -0.15) is 5.32 Å². The van der Waals surface area contributed by atoms with E-state index in [9.17, 15) is 4.79 Å². The van der Waals surface area contributed by atoms with Crippen LogP contribution in [0.5, 0.6) is 0 Å². The summed E-state index contributed by atoms with van der Waals surface area (Å²) in [5, 5.41) is 17.4. The zero-order valence-electron chi connectivity index (χ0n) is 9.98. The number of rotatable bonds is 1. The lowest BCUT2D eigenvalue weighted by Gasteiger charge is -1.96. The molecular formula is C12H11BrN2O3S. The smallest absolute Gasteiger partial charge is 0.346 e. The number of amides is 1. The lowest BCUT2D eigenvalue weighted by atomic mass is 10.2. The maximum absolute atomic E-state index is 11.4. The molecule has 5 nitrogen and oxygen atoms in total. The standard InChI is InChI=1S/C10H7BrN2OS.C2H4O2/c11-7-4-2-1-3-6(7)5-8-9(14)13-10(12)15-8;1-2(3)4/h1-5H,(H2,12,13,14);1H3,(H,3,4). The van der Waals surface area contributed by atoms with Gasteiger partial charge in [-0.1, -0.05) is 34.1 Å². The lowest BCUT2D eigenvalue weighted by Crippen LogP contribution is -2.44. The lowest BCUT2D eigenvalue weighted by molar-refractivity contribution is -0.302. The summed E-state index contributed by atoms with van der Waals surface area (Å²) in [6.07, 6.45) is 1.81. The molecular weight excluding hydrogens is 332 g/mol. The van der Waals surface area contributed by atoms with Crippen LogP contribution in [0.4, 0.5) is 0 Å². The normalized spacial score (nSPS) is 15.8. The van der Waals surface area contributed by atoms with Crippen molar-refractivity contribution >= 4 is 50.8 Å². The second-order valence-electron chi connectivity index (χ2n) is 3.44. The fraction of sp³-hybridized carbons (Fsp3) is 0.0833. The first-order valence-corrected chi connectivity index (χ1v) is 6.76. The largest absolute Gasteiger partial charge is 0.550 e. The number of thioether (sulfide) groups is 1. The number of carbonyl (C=O) groups excluding carboxylic acids is 2. The van der Waals surface area contributed by atoms with Gasteiger partial charge in [-0.15, -0.1) is 0 Å². The minimum absolute atomic E-state index is 0.145. The summed E-state index contributed by atoms with van der Waals surface area (Å²) in [6, 6.07) is 7.70. The van der Waals surface area contributed by atoms with Crippen molar-refractivity contribution in [2.75, 3.05) is 0 Å². The molecule has 0 aromatic heterocycles. The monoisotopic (exact) mass is 342 g/mol. The predicted octanol–water partition coefficient (Wildman–Crippen LogP) is -0.476. The van der Waals surface area contributed by atoms with Crippen LogP contribution in [0, 0.1) is 0 Å². The van der Waals surface area contributed by atoms with Crippen LogP contribution in [0.25, 0.3) is 6.08 Å². The Labute approximate surface area is 122 Å². The minimum atomic E-state index is -1.08. The zero-order valence-corrected chi connectivity index (χ0v) is 12.4. The molecule has 19 heavy (non-hydrogen) atoms. The van der Waals surface area contributed by atoms with Gasteiger partial charge in [0.2, 0.25) is 0 Å². The van der Waals surface area contributed by atoms with Gasteiger partial charge in [0.15, 0.2) is 0 Å². The third-order valence-corrected chi connectivity index (χ3v) is 3.44. The molecule has 1 amide bonds. The van der Waals surface area contributed by atoms with Gasteiger partial charge >= 0.3 is 11.1 Å². The summed E-state index contributed by atoms with van der Waals surface area (Å²) >= 11 is 4.67. The molecule has 1 aliphatic heterocycles. The van der Waals surface area contributed by atoms with Gasteiger partial charge in [-0.25, -0.2) is 4.79 Å². The van der Waals surface area contributed by atoms with Crippen molar-refractivity contribution in [1.29, 1.82) is 0 Å². The molecule has 1 fully saturated rings. The maximum atomic E-state index is 11.4. The van der Waals surface area contributed by atoms with Crippen LogP contribution in [0.1, 0.15) is 12.5 Å². The van der Waals surface area contributed by atoms with Crippen molar-refractivity contribution in [1.82, 2.24) is 5.32 Å². The Morgan fingerprint density at radius 2 is 2.05 bits per heavy atom. The highest BCUT2D eigenvalue weighted by Crippen LogP contribution is 2.26. The molecule has 0 unspecified atom stereocenters. The Kier molecular flexibility index (Phi) is 5.78. The SMILES string of the molecule is CC(=O)[O-].[NH2+]=C1NC(=O)C(=Cc2ccccc2Br)S1. The van der Waals surface area contributed by atoms with Gasteiger partial charge in [0.25, 0.3) is 0 Å². The second-order valence-corrected chi connectivity index (χ2v) is 5.38. The molecule has 0 saturated carbocycles. The Hall–Kier alpha value is -1.60. The quantitative estimate of drug-likeness (QED) is 0.674. The first-order chi connectivity index (χ1) is 8.90. The zero-order chi connectivity index (χ0) is 14.4. The predicted molar refractivity (Wildman–Crippen MR) is 75.5 cm³/mol. The number of aliphatic carboxylic acids is 1. The maximum Gasteiger partial charge on any atom is 0.346 e. The third-order valence-electron chi connectivity index (χ3n) is 1.87. The average Bonchev–Trinajstić information content (AvgIpc) is 2.60. The average molecular weight is 343 g/mol. The molecule has 2 rings (SSSR count). The van der Waals surface area contributed by atoms with E-state index < -0.39 is 5.97 Å². The summed E-state index contributed by atoms with van der Waals surface area (Å²) in [7, 11) is 0. The molecule has 1 aromatic carbocycles. The van der Waals surface area contributed by atoms with E-state index >= 15 is 0 Å². The topological polar surface area (TPSA) is 94.8 Å². The van der Waals surface area contributed by atoms with Gasteiger partial charge in [0.05, 0.1) is 0 Å². The number of nitrogens with one attached hydrogen (secondary N) is 1. The Balaban J connectivity index is 0.000000399. The van der Waals surface area contributed by atoms with E-state index in [0.717, 1.165) is 17.0 Å². The van der Waals surface area contributed by atoms with Crippen molar-refractivity contribution in [2.24, 2.45) is 0 Å². The van der Waals surface area contributed by atoms with Crippen LogP contribution in [0.2, 0.25) is 0 Å². The number of carbonyl (C=O) groups is 2. The number of amidine groups is 1. The van der Waals surface area contributed by atoms with Crippen LogP contribution in [-0.2, 0) is 9.59 Å². The molecule has 1 saturated heterocycles. The molecule has 1 heterocycles. The summed E-state index contributed by atoms with van der Waals surface area (Å²) in [4.78, 5) is 20.9. The Bertz CT molecular complexity index is 554. The number of carboxylic acids is 1. The highest BCUT2D eigenvalue weighted by atomic mass is 79.9. The summed E-state index contributed by atoms with van der Waals surface area (Å²) in [5.74, 6) is -1.23. The minimum Gasteiger partial charge on any atom is -0.550 e. The highest BCUT2D eigenvalue weighted by molar-refractivity contribution is 9.10. The van der Waals surface area contributed by atoms with Crippen molar-refractivity contribution in [3.8, 4) is 0 Å². The Morgan fingerprint density at radius 3 is 2.53 bits per heavy atom. The third kappa shape index (κ3) is 5.27. The number of hydrogen-bond acceptors (Lipinski definition) is 4. The van der Waals surface area contributed by atoms with E-state index in [1.807, 2.05) is 30.3 Å². The molecule has 7 heteroatoms. The van der Waals surface area contributed by atoms with Gasteiger partial charge in [-0.3, -0.25) is 5.41 Å². The highest BCUT2D eigenvalue weighted by Gasteiger charge is 2.29. The van der Waals surface area contributed by atoms with Gasteiger partial charge in [0.1, 0.15) is 4.91 Å². The van der Waals surface area contributed by atoms with Crippen LogP contribution < -0.4 is 15.8 Å². The van der Waals surface area contributed by atoms with Crippen molar-refractivity contribution in [2.45, 2.75) is 6.92 Å². The molecule has 100 valence electrons. The number of nitrogens with two attached hydrogens (primary N) is 1. The van der Waals surface area contributed by atoms with Crippen molar-refractivity contribution in [3.05, 3.63) is 39.2 Å². The fourth-order valence-corrected chi connectivity index (χ4v) is 2.30. The molecule has 0 spiro atoms. The Morgan fingerprint density at radius 1 is 1.47 bits per heavy atom. The summed E-state index contributed by atoms with van der Waals surface area (Å²) in [6.45, 7) is 0.972. The number of hydrogen-bond donors (Lipinski definition) is 2. The molecule has 0 aliphatic carbocycles. The van der Waals surface area contributed by atoms with E-state index in [2.05, 4.69) is 21.2 Å². The molecule has 1 aliphatic rings. The first-order valence-electron chi connectivity index (χ1n) is 5.15. The molecule has 0 bridgehead atoms. The van der Waals surface area contributed by atoms with Crippen LogP contribution in [-0.4, -0.2) is 17.0 Å². The van der Waals surface area contributed by atoms with Crippen molar-refractivity contribution < 1.29 is 20.1 Å². The summed E-state index contributed by atoms with van der Waals surface area (Å²) in [5.41, 5.74) is 0.963. The first kappa shape index (κ1) is 15.5. The fourth-order valence-electron chi connectivity index (χ4n) is 1.19. The van der Waals surface area contributed by atoms with E-state index in [-0.39, 0.29) is 5.91 Å². The molecule has 0 radical (unpaired) electrons. The van der Waals surface area contributed by atoms with Crippen LogP contribution in [0.3, 0.4) is 0 Å². The number of carboxylic acid groups (broad SMARTS) is 1. The molecule has 3 N–H and O–H groups in total. The van der Waals surface area contributed by atoms with E-state index in [4.69, 9.17) is 15.3 Å². The van der Waals surface area contributed by atoms with Crippen LogP contribution in [0.15, 0.2) is 33.6 Å². The van der Waals surface area contributed by atoms with Crippen LogP contribution >= 0.6 is 27.7 Å². The number of halogens is 1.